The molecule has 0 aliphatic heterocycles. The van der Waals surface area contributed by atoms with E-state index >= 15 is 0 Å². The lowest BCUT2D eigenvalue weighted by Crippen LogP contribution is -2.17. The molecule has 0 amide bonds. The smallest absolute Gasteiger partial charge is 0.0468 e. The first-order valence-corrected chi connectivity index (χ1v) is 16.7. The fourth-order valence-electron chi connectivity index (χ4n) is 8.28. The third-order valence-corrected chi connectivity index (χ3v) is 10.8. The molecule has 0 aromatic heterocycles. The second-order valence-corrected chi connectivity index (χ2v) is 14.2. The molecule has 7 aromatic carbocycles. The van der Waals surface area contributed by atoms with Crippen molar-refractivity contribution >= 4 is 27.8 Å². The fourth-order valence-corrected chi connectivity index (χ4v) is 8.28. The zero-order chi connectivity index (χ0) is 31.9. The predicted octanol–water partition coefficient (Wildman–Crippen LogP) is 12.6. The fraction of sp³-hybridized carbons (Fsp3) is 0.130. The number of hydrogen-bond acceptors (Lipinski definition) is 1. The minimum atomic E-state index is -0.117. The molecule has 0 saturated heterocycles. The largest absolute Gasteiger partial charge is 0.310 e. The highest BCUT2D eigenvalue weighted by Crippen LogP contribution is 2.53. The summed E-state index contributed by atoms with van der Waals surface area (Å²) in [4.78, 5) is 2.44. The molecule has 2 aliphatic rings. The molecule has 1 nitrogen and oxygen atoms in total. The van der Waals surface area contributed by atoms with Crippen molar-refractivity contribution in [2.45, 2.75) is 38.5 Å². The summed E-state index contributed by atoms with van der Waals surface area (Å²) in [6.45, 7) is 9.45. The molecule has 0 heterocycles. The molecule has 0 bridgehead atoms. The molecular formula is C46H37N. The SMILES string of the molecule is CC1(C)c2ccccc2-c2cc(N(c3ccc(-c4ccccc4)cc3)c3ccc4c(c3)C(C)(C)c3cc5ccccc5cc3-4)ccc21. The van der Waals surface area contributed by atoms with Gasteiger partial charge in [0, 0.05) is 27.9 Å². The van der Waals surface area contributed by atoms with Crippen LogP contribution in [0.4, 0.5) is 17.1 Å². The first-order chi connectivity index (χ1) is 22.8. The van der Waals surface area contributed by atoms with Gasteiger partial charge in [0.1, 0.15) is 0 Å². The Morgan fingerprint density at radius 2 is 0.851 bits per heavy atom. The van der Waals surface area contributed by atoms with Gasteiger partial charge in [-0.2, -0.15) is 0 Å². The highest BCUT2D eigenvalue weighted by Gasteiger charge is 2.38. The van der Waals surface area contributed by atoms with E-state index in [1.807, 2.05) is 0 Å². The van der Waals surface area contributed by atoms with Crippen molar-refractivity contribution in [3.8, 4) is 33.4 Å². The molecule has 7 aromatic rings. The van der Waals surface area contributed by atoms with E-state index in [0.29, 0.717) is 0 Å². The second kappa shape index (κ2) is 10.0. The molecule has 226 valence electrons. The van der Waals surface area contributed by atoms with Crippen LogP contribution in [0.2, 0.25) is 0 Å². The lowest BCUT2D eigenvalue weighted by Gasteiger charge is -2.29. The summed E-state index contributed by atoms with van der Waals surface area (Å²) in [5.41, 5.74) is 16.7. The van der Waals surface area contributed by atoms with Crippen LogP contribution in [0.25, 0.3) is 44.2 Å². The van der Waals surface area contributed by atoms with Crippen LogP contribution < -0.4 is 4.90 Å². The summed E-state index contributed by atoms with van der Waals surface area (Å²) < 4.78 is 0. The molecule has 47 heavy (non-hydrogen) atoms. The van der Waals surface area contributed by atoms with Crippen LogP contribution >= 0.6 is 0 Å². The Bertz CT molecular complexity index is 2340. The van der Waals surface area contributed by atoms with E-state index in [-0.39, 0.29) is 10.8 Å². The third kappa shape index (κ3) is 4.16. The topological polar surface area (TPSA) is 3.24 Å². The Balaban J connectivity index is 1.22. The lowest BCUT2D eigenvalue weighted by molar-refractivity contribution is 0.660. The molecule has 0 radical (unpaired) electrons. The van der Waals surface area contributed by atoms with Crippen molar-refractivity contribution < 1.29 is 0 Å². The van der Waals surface area contributed by atoms with E-state index < -0.39 is 0 Å². The maximum absolute atomic E-state index is 2.44. The number of anilines is 3. The van der Waals surface area contributed by atoms with Crippen molar-refractivity contribution in [1.29, 1.82) is 0 Å². The molecular weight excluding hydrogens is 567 g/mol. The van der Waals surface area contributed by atoms with Gasteiger partial charge in [-0.1, -0.05) is 131 Å². The van der Waals surface area contributed by atoms with Crippen molar-refractivity contribution in [2.75, 3.05) is 4.90 Å². The van der Waals surface area contributed by atoms with Gasteiger partial charge in [0.05, 0.1) is 0 Å². The normalized spacial score (nSPS) is 14.7. The zero-order valence-corrected chi connectivity index (χ0v) is 27.4. The molecule has 0 spiro atoms. The van der Waals surface area contributed by atoms with Gasteiger partial charge in [0.2, 0.25) is 0 Å². The number of rotatable bonds is 4. The van der Waals surface area contributed by atoms with E-state index in [1.165, 1.54) is 77.8 Å². The van der Waals surface area contributed by atoms with E-state index in [9.17, 15) is 0 Å². The minimum Gasteiger partial charge on any atom is -0.310 e. The number of hydrogen-bond donors (Lipinski definition) is 0. The molecule has 9 rings (SSSR count). The molecule has 0 fully saturated rings. The van der Waals surface area contributed by atoms with Gasteiger partial charge in [0.25, 0.3) is 0 Å². The first-order valence-electron chi connectivity index (χ1n) is 16.7. The summed E-state index contributed by atoms with van der Waals surface area (Å²) in [5.74, 6) is 0. The lowest BCUT2D eigenvalue weighted by atomic mass is 9.81. The van der Waals surface area contributed by atoms with Crippen LogP contribution in [-0.4, -0.2) is 0 Å². The quantitative estimate of drug-likeness (QED) is 0.193. The Kier molecular flexibility index (Phi) is 5.96. The summed E-state index contributed by atoms with van der Waals surface area (Å²) >= 11 is 0. The Morgan fingerprint density at radius 3 is 1.64 bits per heavy atom. The van der Waals surface area contributed by atoms with Crippen LogP contribution in [0.3, 0.4) is 0 Å². The maximum atomic E-state index is 2.44. The monoisotopic (exact) mass is 603 g/mol. The Labute approximate surface area is 277 Å². The van der Waals surface area contributed by atoms with Crippen LogP contribution in [0.15, 0.2) is 152 Å². The van der Waals surface area contributed by atoms with Crippen molar-refractivity contribution in [3.63, 3.8) is 0 Å². The van der Waals surface area contributed by atoms with Gasteiger partial charge in [-0.15, -0.1) is 0 Å². The van der Waals surface area contributed by atoms with Crippen molar-refractivity contribution in [1.82, 2.24) is 0 Å². The summed E-state index contributed by atoms with van der Waals surface area (Å²) in [6.07, 6.45) is 0. The van der Waals surface area contributed by atoms with Gasteiger partial charge in [-0.25, -0.2) is 0 Å². The maximum Gasteiger partial charge on any atom is 0.0468 e. The molecule has 0 unspecified atom stereocenters. The predicted molar refractivity (Wildman–Crippen MR) is 199 cm³/mol. The van der Waals surface area contributed by atoms with E-state index in [4.69, 9.17) is 0 Å². The van der Waals surface area contributed by atoms with Gasteiger partial charge in [-0.3, -0.25) is 0 Å². The summed E-state index contributed by atoms with van der Waals surface area (Å²) in [6, 6.07) is 56.3. The Hall–Kier alpha value is -5.40. The van der Waals surface area contributed by atoms with Crippen molar-refractivity contribution in [3.05, 3.63) is 174 Å². The molecule has 0 N–H and O–H groups in total. The molecule has 1 heteroatoms. The number of benzene rings is 7. The average molecular weight is 604 g/mol. The molecule has 0 atom stereocenters. The highest BCUT2D eigenvalue weighted by molar-refractivity contribution is 5.95. The zero-order valence-electron chi connectivity index (χ0n) is 27.4. The van der Waals surface area contributed by atoms with E-state index in [2.05, 4.69) is 184 Å². The molecule has 2 aliphatic carbocycles. The van der Waals surface area contributed by atoms with Crippen LogP contribution in [0, 0.1) is 0 Å². The van der Waals surface area contributed by atoms with Gasteiger partial charge in [-0.05, 0) is 115 Å². The first kappa shape index (κ1) is 27.9. The summed E-state index contributed by atoms with van der Waals surface area (Å²) in [5, 5.41) is 2.59. The number of nitrogens with zero attached hydrogens (tertiary/aromatic N) is 1. The van der Waals surface area contributed by atoms with E-state index in [0.717, 1.165) is 5.69 Å². The van der Waals surface area contributed by atoms with Gasteiger partial charge >= 0.3 is 0 Å². The standard InChI is InChI=1S/C46H37N/c1-45(2)41-17-11-10-16-37(41)40-28-35(23-25-42(40)45)47(34-20-18-31(19-21-34)30-12-6-5-7-13-30)36-22-24-38-39-26-32-14-8-9-15-33(32)27-43(39)46(3,4)44(38)29-36/h5-29H,1-4H3. The molecule has 0 saturated carbocycles. The van der Waals surface area contributed by atoms with Gasteiger partial charge < -0.3 is 4.90 Å². The van der Waals surface area contributed by atoms with Crippen LogP contribution in [-0.2, 0) is 10.8 Å². The Morgan fingerprint density at radius 1 is 0.340 bits per heavy atom. The van der Waals surface area contributed by atoms with Crippen molar-refractivity contribution in [2.24, 2.45) is 0 Å². The van der Waals surface area contributed by atoms with Crippen LogP contribution in [0.5, 0.6) is 0 Å². The van der Waals surface area contributed by atoms with E-state index in [1.54, 1.807) is 0 Å². The van der Waals surface area contributed by atoms with Gasteiger partial charge in [0.15, 0.2) is 0 Å². The average Bonchev–Trinajstić information content (AvgIpc) is 3.47. The number of fused-ring (bicyclic) bond motifs is 7. The third-order valence-electron chi connectivity index (χ3n) is 10.8. The van der Waals surface area contributed by atoms with Crippen LogP contribution in [0.1, 0.15) is 49.9 Å². The highest BCUT2D eigenvalue weighted by atomic mass is 15.1. The second-order valence-electron chi connectivity index (χ2n) is 14.2. The minimum absolute atomic E-state index is 0.0282. The summed E-state index contributed by atoms with van der Waals surface area (Å²) in [7, 11) is 0.